The molecule has 0 bridgehead atoms. The van der Waals surface area contributed by atoms with Crippen LogP contribution < -0.4 is 0 Å². The van der Waals surface area contributed by atoms with Gasteiger partial charge >= 0.3 is 0 Å². The highest BCUT2D eigenvalue weighted by atomic mass is 28.4. The summed E-state index contributed by atoms with van der Waals surface area (Å²) < 4.78 is 14.0. The molecule has 4 nitrogen and oxygen atoms in total. The lowest BCUT2D eigenvalue weighted by Gasteiger charge is -2.62. The van der Waals surface area contributed by atoms with Gasteiger partial charge in [0.25, 0.3) is 0 Å². The molecule has 0 aromatic carbocycles. The molecule has 0 amide bonds. The summed E-state index contributed by atoms with van der Waals surface area (Å²) in [6.45, 7) is 28.1. The van der Waals surface area contributed by atoms with Crippen LogP contribution in [0.15, 0.2) is 11.6 Å². The Kier molecular flexibility index (Phi) is 7.76. The van der Waals surface area contributed by atoms with Gasteiger partial charge in [0.15, 0.2) is 16.6 Å². The van der Waals surface area contributed by atoms with Crippen molar-refractivity contribution < 1.29 is 19.1 Å². The van der Waals surface area contributed by atoms with Gasteiger partial charge in [-0.2, -0.15) is 0 Å². The molecule has 0 aromatic rings. The van der Waals surface area contributed by atoms with E-state index in [0.717, 1.165) is 44.9 Å². The lowest BCUT2D eigenvalue weighted by atomic mass is 9.45. The molecule has 2 N–H and O–H groups in total. The minimum Gasteiger partial charge on any atom is -0.414 e. The standard InChI is InChI=1S/C32H60O4Si2/c1-28(2,3)37(9,10)35-23-15-17-30(7)22(19-23)20-32(34,21-33)27-24-13-14-26(31(24,8)18-16-25(27)30)36-38(11,12)29(4,5)6/h20,23-27,33-34H,13-19,21H2,1-12H3/t23-,24-,25-,26-,27-,30-,31-,32-/m0/s1. The van der Waals surface area contributed by atoms with Gasteiger partial charge in [0.2, 0.25) is 0 Å². The van der Waals surface area contributed by atoms with Crippen LogP contribution in [0.4, 0.5) is 0 Å². The van der Waals surface area contributed by atoms with Gasteiger partial charge in [0, 0.05) is 12.0 Å². The maximum Gasteiger partial charge on any atom is 0.192 e. The van der Waals surface area contributed by atoms with E-state index in [1.807, 2.05) is 0 Å². The number of aliphatic hydroxyl groups excluding tert-OH is 1. The van der Waals surface area contributed by atoms with Gasteiger partial charge < -0.3 is 19.1 Å². The summed E-state index contributed by atoms with van der Waals surface area (Å²) in [7, 11) is -3.77. The highest BCUT2D eigenvalue weighted by Crippen LogP contribution is 2.67. The maximum atomic E-state index is 12.2. The van der Waals surface area contributed by atoms with Crippen molar-refractivity contribution in [1.29, 1.82) is 0 Å². The molecule has 0 unspecified atom stereocenters. The third kappa shape index (κ3) is 4.89. The largest absolute Gasteiger partial charge is 0.414 e. The SMILES string of the molecule is CC(C)(C)[Si](C)(C)O[C@H]1CC[C@@]2(C)C(=C[C@](O)(CO)[C@H]3[C@@H]4CC[C@H](O[Si](C)(C)C(C)(C)C)[C@@]4(C)CC[C@@H]32)C1. The van der Waals surface area contributed by atoms with Crippen molar-refractivity contribution in [2.75, 3.05) is 6.61 Å². The van der Waals surface area contributed by atoms with E-state index in [9.17, 15) is 10.2 Å². The van der Waals surface area contributed by atoms with Crippen LogP contribution in [0.25, 0.3) is 0 Å². The first-order chi connectivity index (χ1) is 17.1. The van der Waals surface area contributed by atoms with E-state index in [-0.39, 0.29) is 45.6 Å². The zero-order valence-electron chi connectivity index (χ0n) is 26.8. The van der Waals surface area contributed by atoms with Crippen LogP contribution in [0.2, 0.25) is 36.3 Å². The average molecular weight is 565 g/mol. The maximum absolute atomic E-state index is 12.2. The molecule has 0 aliphatic heterocycles. The van der Waals surface area contributed by atoms with Crippen molar-refractivity contribution >= 4 is 16.6 Å². The Bertz CT molecular complexity index is 931. The summed E-state index contributed by atoms with van der Waals surface area (Å²) in [5, 5.41) is 23.3. The van der Waals surface area contributed by atoms with Gasteiger partial charge in [-0.05, 0) is 104 Å². The minimum absolute atomic E-state index is 0.0597. The Morgan fingerprint density at radius 2 is 1.42 bits per heavy atom. The average Bonchev–Trinajstić information content (AvgIpc) is 3.08. The fourth-order valence-corrected chi connectivity index (χ4v) is 11.2. The second-order valence-electron chi connectivity index (χ2n) is 17.2. The molecule has 0 saturated heterocycles. The van der Waals surface area contributed by atoms with E-state index in [0.29, 0.717) is 11.8 Å². The van der Waals surface area contributed by atoms with Crippen molar-refractivity contribution in [2.45, 2.75) is 154 Å². The summed E-state index contributed by atoms with van der Waals surface area (Å²) >= 11 is 0. The van der Waals surface area contributed by atoms with E-state index in [1.165, 1.54) is 5.57 Å². The zero-order chi connectivity index (χ0) is 28.7. The number of aliphatic hydroxyl groups is 2. The highest BCUT2D eigenvalue weighted by molar-refractivity contribution is 6.74. The molecule has 8 atom stereocenters. The Morgan fingerprint density at radius 3 is 1.97 bits per heavy atom. The number of rotatable bonds is 5. The molecule has 220 valence electrons. The molecular formula is C32H60O4Si2. The van der Waals surface area contributed by atoms with E-state index in [4.69, 9.17) is 8.85 Å². The van der Waals surface area contributed by atoms with Gasteiger partial charge in [-0.15, -0.1) is 0 Å². The predicted octanol–water partition coefficient (Wildman–Crippen LogP) is 8.06. The molecule has 38 heavy (non-hydrogen) atoms. The molecule has 0 aromatic heterocycles. The molecule has 3 saturated carbocycles. The quantitative estimate of drug-likeness (QED) is 0.262. The molecule has 0 radical (unpaired) electrons. The van der Waals surface area contributed by atoms with Gasteiger partial charge in [-0.25, -0.2) is 0 Å². The number of fused-ring (bicyclic) bond motifs is 5. The van der Waals surface area contributed by atoms with Crippen molar-refractivity contribution in [1.82, 2.24) is 0 Å². The van der Waals surface area contributed by atoms with Gasteiger partial charge in [-0.3, -0.25) is 0 Å². The summed E-state index contributed by atoms with van der Waals surface area (Å²) in [5.41, 5.74) is 0.334. The molecule has 0 heterocycles. The first kappa shape index (κ1) is 31.0. The Labute approximate surface area is 236 Å². The third-order valence-electron chi connectivity index (χ3n) is 12.9. The summed E-state index contributed by atoms with van der Waals surface area (Å²) in [6.07, 6.45) is 10.2. The predicted molar refractivity (Wildman–Crippen MR) is 163 cm³/mol. The molecule has 0 spiro atoms. The van der Waals surface area contributed by atoms with E-state index >= 15 is 0 Å². The van der Waals surface area contributed by atoms with E-state index < -0.39 is 22.2 Å². The van der Waals surface area contributed by atoms with Crippen LogP contribution in [0, 0.1) is 28.6 Å². The lowest BCUT2D eigenvalue weighted by molar-refractivity contribution is -0.156. The van der Waals surface area contributed by atoms with Crippen LogP contribution in [-0.4, -0.2) is 51.3 Å². The van der Waals surface area contributed by atoms with Gasteiger partial charge in [0.05, 0.1) is 12.7 Å². The highest BCUT2D eigenvalue weighted by Gasteiger charge is 2.65. The van der Waals surface area contributed by atoms with Crippen molar-refractivity contribution in [3.63, 3.8) is 0 Å². The second-order valence-corrected chi connectivity index (χ2v) is 26.7. The molecule has 6 heteroatoms. The molecular weight excluding hydrogens is 505 g/mol. The van der Waals surface area contributed by atoms with Gasteiger partial charge in [0.1, 0.15) is 5.60 Å². The van der Waals surface area contributed by atoms with Gasteiger partial charge in [-0.1, -0.05) is 67.0 Å². The molecule has 4 rings (SSSR count). The number of hydrogen-bond acceptors (Lipinski definition) is 4. The normalized spacial score (nSPS) is 42.3. The fourth-order valence-electron chi connectivity index (χ4n) is 8.32. The second kappa shape index (κ2) is 9.52. The first-order valence-corrected chi connectivity index (χ1v) is 21.3. The molecule has 4 aliphatic rings. The summed E-state index contributed by atoms with van der Waals surface area (Å²) in [4.78, 5) is 0. The topological polar surface area (TPSA) is 58.9 Å². The summed E-state index contributed by atoms with van der Waals surface area (Å²) in [5.74, 6) is 0.869. The van der Waals surface area contributed by atoms with Crippen LogP contribution in [0.3, 0.4) is 0 Å². The van der Waals surface area contributed by atoms with Crippen molar-refractivity contribution in [3.05, 3.63) is 11.6 Å². The van der Waals surface area contributed by atoms with Crippen molar-refractivity contribution in [2.24, 2.45) is 28.6 Å². The van der Waals surface area contributed by atoms with Crippen LogP contribution in [0.5, 0.6) is 0 Å². The Morgan fingerprint density at radius 1 is 0.842 bits per heavy atom. The van der Waals surface area contributed by atoms with Crippen molar-refractivity contribution in [3.8, 4) is 0 Å². The van der Waals surface area contributed by atoms with Crippen LogP contribution in [0.1, 0.15) is 100 Å². The Hall–Kier alpha value is 0.0138. The van der Waals surface area contributed by atoms with Crippen LogP contribution in [-0.2, 0) is 8.85 Å². The van der Waals surface area contributed by atoms with Crippen LogP contribution >= 0.6 is 0 Å². The molecule has 4 aliphatic carbocycles. The zero-order valence-corrected chi connectivity index (χ0v) is 28.8. The smallest absolute Gasteiger partial charge is 0.192 e. The first-order valence-electron chi connectivity index (χ1n) is 15.5. The Balaban J connectivity index is 1.63. The monoisotopic (exact) mass is 564 g/mol. The van der Waals surface area contributed by atoms with E-state index in [1.54, 1.807) is 0 Å². The molecule has 3 fully saturated rings. The third-order valence-corrected chi connectivity index (χ3v) is 22.0. The van der Waals surface area contributed by atoms with E-state index in [2.05, 4.69) is 87.7 Å². The lowest BCUT2D eigenvalue weighted by Crippen LogP contribution is -2.62. The summed E-state index contributed by atoms with van der Waals surface area (Å²) in [6, 6.07) is 0. The fraction of sp³-hybridized carbons (Fsp3) is 0.938. The minimum atomic E-state index is -1.90. The number of hydrogen-bond donors (Lipinski definition) is 2.